The van der Waals surface area contributed by atoms with Crippen LogP contribution in [0.4, 0.5) is 17.1 Å². The Kier molecular flexibility index (Phi) is 7.61. The summed E-state index contributed by atoms with van der Waals surface area (Å²) in [5.41, 5.74) is 14.8. The fourth-order valence-electron chi connectivity index (χ4n) is 10.6. The molecule has 4 heteroatoms. The molecule has 0 atom stereocenters. The fourth-order valence-corrected chi connectivity index (χ4v) is 10.6. The number of hydrogen-bond acceptors (Lipinski definition) is 4. The largest absolute Gasteiger partial charge is 0.456 e. The molecule has 0 saturated carbocycles. The van der Waals surface area contributed by atoms with Gasteiger partial charge in [0, 0.05) is 54.9 Å². The fraction of sp³-hybridized carbons (Fsp3) is 0.0690. The van der Waals surface area contributed by atoms with E-state index in [-0.39, 0.29) is 5.41 Å². The highest BCUT2D eigenvalue weighted by molar-refractivity contribution is 6.37. The van der Waals surface area contributed by atoms with E-state index in [1.165, 1.54) is 27.5 Å². The topological polar surface area (TPSA) is 42.7 Å². The van der Waals surface area contributed by atoms with Crippen LogP contribution < -0.4 is 4.90 Å². The average Bonchev–Trinajstić information content (AvgIpc) is 4.04. The van der Waals surface area contributed by atoms with Crippen molar-refractivity contribution in [3.05, 3.63) is 205 Å². The van der Waals surface area contributed by atoms with Gasteiger partial charge in [-0.05, 0) is 106 Å². The zero-order valence-electron chi connectivity index (χ0n) is 34.8. The molecular weight excluding hydrogens is 759 g/mol. The predicted octanol–water partition coefficient (Wildman–Crippen LogP) is 17.0. The molecule has 62 heavy (non-hydrogen) atoms. The van der Waals surface area contributed by atoms with Crippen LogP contribution in [-0.2, 0) is 5.41 Å². The van der Waals surface area contributed by atoms with E-state index in [0.717, 1.165) is 111 Å². The molecule has 8 aromatic carbocycles. The van der Waals surface area contributed by atoms with Gasteiger partial charge >= 0.3 is 0 Å². The summed E-state index contributed by atoms with van der Waals surface area (Å²) in [6, 6.07) is 47.2. The number of anilines is 3. The minimum Gasteiger partial charge on any atom is -0.456 e. The highest BCUT2D eigenvalue weighted by Crippen LogP contribution is 2.52. The van der Waals surface area contributed by atoms with Gasteiger partial charge in [0.1, 0.15) is 33.7 Å². The third-order valence-corrected chi connectivity index (χ3v) is 13.4. The smallest absolute Gasteiger partial charge is 0.144 e. The van der Waals surface area contributed by atoms with Gasteiger partial charge in [-0.15, -0.1) is 0 Å². The number of hydrogen-bond donors (Lipinski definition) is 0. The van der Waals surface area contributed by atoms with E-state index in [9.17, 15) is 0 Å². The zero-order chi connectivity index (χ0) is 42.0. The van der Waals surface area contributed by atoms with Crippen molar-refractivity contribution >= 4 is 111 Å². The average molecular weight is 800 g/mol. The van der Waals surface area contributed by atoms with Crippen LogP contribution in [0, 0.1) is 0 Å². The van der Waals surface area contributed by atoms with Crippen molar-refractivity contribution in [1.29, 1.82) is 0 Å². The maximum atomic E-state index is 7.11. The van der Waals surface area contributed by atoms with Crippen LogP contribution in [0.3, 0.4) is 0 Å². The van der Waals surface area contributed by atoms with Crippen LogP contribution >= 0.6 is 0 Å². The van der Waals surface area contributed by atoms with E-state index in [4.69, 9.17) is 13.3 Å². The van der Waals surface area contributed by atoms with Crippen molar-refractivity contribution in [3.8, 4) is 0 Å². The SMILES string of the molecule is C=CC1=C(C=C)C(C)(C)c2cc(N(c3ccc(/C(=C/C)c4oc5c(cc6oc7cccc8c9ccccc9c5c6c78)c4C=C)cc3)c3cccc4oc5ccccc5c34)ccc21. The summed E-state index contributed by atoms with van der Waals surface area (Å²) in [6.07, 6.45) is 7.99. The molecule has 4 nitrogen and oxygen atoms in total. The van der Waals surface area contributed by atoms with Gasteiger partial charge in [-0.2, -0.15) is 0 Å². The van der Waals surface area contributed by atoms with Crippen LogP contribution in [-0.4, -0.2) is 0 Å². The molecule has 1 aliphatic rings. The first kappa shape index (κ1) is 36.1. The second-order valence-corrected chi connectivity index (χ2v) is 16.8. The summed E-state index contributed by atoms with van der Waals surface area (Å²) in [4.78, 5) is 2.35. The number of benzene rings is 8. The standard InChI is InChI=1S/C58H41NO3/c1-7-36(56-38(9-3)44-32-51-55-53-41(20-15-23-50(53)61-51)39-17-11-12-18-42(39)54(55)57(44)62-56)33-25-27-34(28-26-33)59(47-21-16-24-49-52(47)43-19-13-14-22-48(43)60-49)35-29-30-40-37(8-2)45(10-4)58(5,6)46(40)31-35/h7-32H,2-4H2,1,5-6H3/b36-7-. The summed E-state index contributed by atoms with van der Waals surface area (Å²) < 4.78 is 20.1. The van der Waals surface area contributed by atoms with Gasteiger partial charge in [0.2, 0.25) is 0 Å². The predicted molar refractivity (Wildman–Crippen MR) is 261 cm³/mol. The monoisotopic (exact) mass is 799 g/mol. The van der Waals surface area contributed by atoms with E-state index in [2.05, 4.69) is 173 Å². The number of allylic oxidation sites excluding steroid dienone is 5. The number of fused-ring (bicyclic) bond motifs is 9. The maximum absolute atomic E-state index is 7.11. The summed E-state index contributed by atoms with van der Waals surface area (Å²) >= 11 is 0. The van der Waals surface area contributed by atoms with Crippen molar-refractivity contribution in [2.24, 2.45) is 0 Å². The van der Waals surface area contributed by atoms with E-state index < -0.39 is 0 Å². The second-order valence-electron chi connectivity index (χ2n) is 16.8. The Morgan fingerprint density at radius 3 is 1.97 bits per heavy atom. The van der Waals surface area contributed by atoms with Crippen molar-refractivity contribution in [3.63, 3.8) is 0 Å². The zero-order valence-corrected chi connectivity index (χ0v) is 34.8. The molecule has 0 N–H and O–H groups in total. The number of para-hydroxylation sites is 1. The first-order valence-electron chi connectivity index (χ1n) is 21.1. The van der Waals surface area contributed by atoms with Gasteiger partial charge in [0.05, 0.1) is 11.1 Å². The Morgan fingerprint density at radius 2 is 1.21 bits per heavy atom. The molecular formula is C58H41NO3. The number of nitrogens with zero attached hydrogens (tertiary/aromatic N) is 1. The first-order valence-corrected chi connectivity index (χ1v) is 21.1. The summed E-state index contributed by atoms with van der Waals surface area (Å²) in [5.74, 6) is 0.776. The Hall–Kier alpha value is -7.82. The van der Waals surface area contributed by atoms with Crippen LogP contribution in [0.25, 0.3) is 93.6 Å². The Labute approximate surface area is 358 Å². The van der Waals surface area contributed by atoms with Crippen LogP contribution in [0.15, 0.2) is 190 Å². The molecule has 0 saturated heterocycles. The normalized spacial score (nSPS) is 14.1. The molecule has 296 valence electrons. The summed E-state index contributed by atoms with van der Waals surface area (Å²) in [7, 11) is 0. The highest BCUT2D eigenvalue weighted by atomic mass is 16.3. The van der Waals surface area contributed by atoms with Gasteiger partial charge in [-0.3, -0.25) is 0 Å². The van der Waals surface area contributed by atoms with Crippen molar-refractivity contribution < 1.29 is 13.3 Å². The maximum Gasteiger partial charge on any atom is 0.144 e. The quantitative estimate of drug-likeness (QED) is 0.144. The molecule has 0 fully saturated rings. The van der Waals surface area contributed by atoms with Gasteiger partial charge in [0.25, 0.3) is 0 Å². The Balaban J connectivity index is 1.04. The molecule has 3 aromatic heterocycles. The molecule has 0 radical (unpaired) electrons. The number of rotatable bonds is 8. The van der Waals surface area contributed by atoms with Gasteiger partial charge in [-0.1, -0.05) is 137 Å². The second kappa shape index (κ2) is 13.1. The lowest BCUT2D eigenvalue weighted by atomic mass is 9.81. The molecule has 1 aliphatic carbocycles. The molecule has 0 aliphatic heterocycles. The minimum atomic E-state index is -0.255. The highest BCUT2D eigenvalue weighted by Gasteiger charge is 2.36. The van der Waals surface area contributed by atoms with Crippen LogP contribution in [0.1, 0.15) is 48.8 Å². The molecule has 0 spiro atoms. The first-order chi connectivity index (χ1) is 30.3. The molecule has 3 heterocycles. The Bertz CT molecular complexity index is 3780. The van der Waals surface area contributed by atoms with Crippen LogP contribution in [0.5, 0.6) is 0 Å². The van der Waals surface area contributed by atoms with Gasteiger partial charge in [0.15, 0.2) is 0 Å². The lowest BCUT2D eigenvalue weighted by Gasteiger charge is -2.29. The van der Waals surface area contributed by atoms with E-state index in [1.54, 1.807) is 0 Å². The van der Waals surface area contributed by atoms with Crippen LogP contribution in [0.2, 0.25) is 0 Å². The van der Waals surface area contributed by atoms with E-state index in [0.29, 0.717) is 0 Å². The van der Waals surface area contributed by atoms with Crippen molar-refractivity contribution in [2.45, 2.75) is 26.2 Å². The molecule has 0 bridgehead atoms. The molecule has 0 amide bonds. The van der Waals surface area contributed by atoms with E-state index >= 15 is 0 Å². The molecule has 0 unspecified atom stereocenters. The summed E-state index contributed by atoms with van der Waals surface area (Å²) in [5, 5.41) is 9.90. The third-order valence-electron chi connectivity index (χ3n) is 13.4. The minimum absolute atomic E-state index is 0.255. The van der Waals surface area contributed by atoms with Gasteiger partial charge < -0.3 is 18.2 Å². The van der Waals surface area contributed by atoms with Gasteiger partial charge in [-0.25, -0.2) is 0 Å². The van der Waals surface area contributed by atoms with E-state index in [1.807, 2.05) is 30.4 Å². The number of furan rings is 3. The lowest BCUT2D eigenvalue weighted by molar-refractivity contribution is 0.602. The Morgan fingerprint density at radius 1 is 0.548 bits per heavy atom. The van der Waals surface area contributed by atoms with Crippen molar-refractivity contribution in [1.82, 2.24) is 0 Å². The summed E-state index contributed by atoms with van der Waals surface area (Å²) in [6.45, 7) is 19.3. The molecule has 11 aromatic rings. The van der Waals surface area contributed by atoms with Crippen molar-refractivity contribution in [2.75, 3.05) is 4.90 Å². The molecule has 12 rings (SSSR count). The lowest BCUT2D eigenvalue weighted by Crippen LogP contribution is -2.17. The third kappa shape index (κ3) is 4.78.